The molecule has 1 N–H and O–H groups in total. The predicted molar refractivity (Wildman–Crippen MR) is 63.4 cm³/mol. The summed E-state index contributed by atoms with van der Waals surface area (Å²) in [5.41, 5.74) is -0.352. The van der Waals surface area contributed by atoms with E-state index in [0.29, 0.717) is 12.0 Å². The van der Waals surface area contributed by atoms with Crippen LogP contribution in [0.25, 0.3) is 0 Å². The highest BCUT2D eigenvalue weighted by Crippen LogP contribution is 2.42. The van der Waals surface area contributed by atoms with Crippen LogP contribution in [0.1, 0.15) is 29.8 Å². The zero-order valence-electron chi connectivity index (χ0n) is 9.66. The first-order valence-electron chi connectivity index (χ1n) is 5.41. The van der Waals surface area contributed by atoms with Gasteiger partial charge in [0.05, 0.1) is 0 Å². The number of aliphatic hydroxyl groups is 1. The van der Waals surface area contributed by atoms with Crippen molar-refractivity contribution in [3.8, 4) is 0 Å². The van der Waals surface area contributed by atoms with E-state index >= 15 is 0 Å². The van der Waals surface area contributed by atoms with Crippen LogP contribution in [0.15, 0.2) is 36.9 Å². The van der Waals surface area contributed by atoms with E-state index in [-0.39, 0.29) is 5.78 Å². The summed E-state index contributed by atoms with van der Waals surface area (Å²) in [7, 11) is 0. The van der Waals surface area contributed by atoms with Gasteiger partial charge in [-0.05, 0) is 12.0 Å². The predicted octanol–water partition coefficient (Wildman–Crippen LogP) is 2.37. The third-order valence-electron chi connectivity index (χ3n) is 3.57. The van der Waals surface area contributed by atoms with Crippen molar-refractivity contribution in [2.75, 3.05) is 0 Å². The Bertz CT molecular complexity index is 460. The molecule has 2 rings (SSSR count). The molecule has 2 heteroatoms. The molecule has 1 aliphatic carbocycles. The summed E-state index contributed by atoms with van der Waals surface area (Å²) < 4.78 is 0. The van der Waals surface area contributed by atoms with Crippen LogP contribution >= 0.6 is 0 Å². The summed E-state index contributed by atoms with van der Waals surface area (Å²) >= 11 is 0. The number of Topliss-reactive ketones (excluding diaryl/α,β-unsaturated/α-hetero) is 1. The van der Waals surface area contributed by atoms with E-state index in [9.17, 15) is 9.90 Å². The third-order valence-corrected chi connectivity index (χ3v) is 3.57. The second-order valence-electron chi connectivity index (χ2n) is 5.02. The largest absolute Gasteiger partial charge is 0.377 e. The maximum Gasteiger partial charge on any atom is 0.199 e. The average molecular weight is 216 g/mol. The molecule has 1 aromatic rings. The molecule has 0 heterocycles. The van der Waals surface area contributed by atoms with Crippen molar-refractivity contribution < 1.29 is 9.90 Å². The summed E-state index contributed by atoms with van der Waals surface area (Å²) in [5.74, 6) is -0.241. The van der Waals surface area contributed by atoms with Crippen molar-refractivity contribution in [3.05, 3.63) is 48.0 Å². The number of benzene rings is 1. The van der Waals surface area contributed by atoms with Gasteiger partial charge in [-0.25, -0.2) is 0 Å². The van der Waals surface area contributed by atoms with Gasteiger partial charge in [0, 0.05) is 11.0 Å². The average Bonchev–Trinajstić information content (AvgIpc) is 2.25. The first-order chi connectivity index (χ1) is 7.42. The zero-order valence-corrected chi connectivity index (χ0v) is 9.66. The summed E-state index contributed by atoms with van der Waals surface area (Å²) in [6.45, 7) is 7.39. The van der Waals surface area contributed by atoms with Crippen molar-refractivity contribution in [1.82, 2.24) is 0 Å². The normalized spacial score (nSPS) is 27.3. The Morgan fingerprint density at radius 3 is 2.62 bits per heavy atom. The van der Waals surface area contributed by atoms with Gasteiger partial charge in [-0.2, -0.15) is 0 Å². The molecule has 0 aliphatic heterocycles. The van der Waals surface area contributed by atoms with Gasteiger partial charge in [0.25, 0.3) is 0 Å². The molecule has 0 unspecified atom stereocenters. The van der Waals surface area contributed by atoms with Crippen molar-refractivity contribution in [1.29, 1.82) is 0 Å². The fourth-order valence-corrected chi connectivity index (χ4v) is 2.39. The SMILES string of the molecule is C=C[C@@]1(O)C(=O)c2ccccc2CC1(C)C. The lowest BCUT2D eigenvalue weighted by atomic mass is 9.63. The van der Waals surface area contributed by atoms with Crippen molar-refractivity contribution in [3.63, 3.8) is 0 Å². The Morgan fingerprint density at radius 1 is 1.38 bits per heavy atom. The van der Waals surface area contributed by atoms with Crippen LogP contribution in [0.3, 0.4) is 0 Å². The summed E-state index contributed by atoms with van der Waals surface area (Å²) in [6.07, 6.45) is 2.04. The molecule has 0 aromatic heterocycles. The molecule has 0 spiro atoms. The highest BCUT2D eigenvalue weighted by molar-refractivity contribution is 6.06. The first-order valence-corrected chi connectivity index (χ1v) is 5.41. The van der Waals surface area contributed by atoms with Crippen molar-refractivity contribution >= 4 is 5.78 Å². The van der Waals surface area contributed by atoms with Gasteiger partial charge in [-0.1, -0.05) is 50.8 Å². The molecular formula is C14H16O2. The summed E-state index contributed by atoms with van der Waals surface area (Å²) in [6, 6.07) is 7.44. The van der Waals surface area contributed by atoms with Crippen LogP contribution in [0.5, 0.6) is 0 Å². The minimum absolute atomic E-state index is 0.241. The second kappa shape index (κ2) is 3.29. The third kappa shape index (κ3) is 1.26. The summed E-state index contributed by atoms with van der Waals surface area (Å²) in [5, 5.41) is 10.5. The molecule has 16 heavy (non-hydrogen) atoms. The van der Waals surface area contributed by atoms with Gasteiger partial charge in [0.1, 0.15) is 0 Å². The van der Waals surface area contributed by atoms with Gasteiger partial charge in [-0.15, -0.1) is 0 Å². The monoisotopic (exact) mass is 216 g/mol. The van der Waals surface area contributed by atoms with Gasteiger partial charge in [0.2, 0.25) is 0 Å². The molecule has 0 radical (unpaired) electrons. The number of ketones is 1. The van der Waals surface area contributed by atoms with Crippen LogP contribution < -0.4 is 0 Å². The molecule has 2 nitrogen and oxygen atoms in total. The van der Waals surface area contributed by atoms with Gasteiger partial charge in [-0.3, -0.25) is 4.79 Å². The lowest BCUT2D eigenvalue weighted by Crippen LogP contribution is -2.54. The molecule has 1 aliphatic rings. The molecule has 1 aromatic carbocycles. The molecule has 0 fully saturated rings. The standard InChI is InChI=1S/C14H16O2/c1-4-14(16)12(15)11-8-6-5-7-10(11)9-13(14,2)3/h4-8,16H,1,9H2,2-3H3/t14-/m1/s1. The Kier molecular flexibility index (Phi) is 2.28. The fraction of sp³-hybridized carbons (Fsp3) is 0.357. The highest BCUT2D eigenvalue weighted by Gasteiger charge is 2.51. The van der Waals surface area contributed by atoms with E-state index in [4.69, 9.17) is 0 Å². The molecule has 0 saturated carbocycles. The molecule has 0 amide bonds. The van der Waals surface area contributed by atoms with E-state index in [1.54, 1.807) is 6.07 Å². The van der Waals surface area contributed by atoms with Crippen LogP contribution in [0.4, 0.5) is 0 Å². The summed E-state index contributed by atoms with van der Waals surface area (Å²) in [4.78, 5) is 12.3. The highest BCUT2D eigenvalue weighted by atomic mass is 16.3. The Balaban J connectivity index is 2.65. The van der Waals surface area contributed by atoms with Crippen LogP contribution in [-0.2, 0) is 6.42 Å². The fourth-order valence-electron chi connectivity index (χ4n) is 2.39. The van der Waals surface area contributed by atoms with Crippen molar-refractivity contribution in [2.24, 2.45) is 5.41 Å². The Morgan fingerprint density at radius 2 is 2.00 bits per heavy atom. The maximum atomic E-state index is 12.3. The number of fused-ring (bicyclic) bond motifs is 1. The number of hydrogen-bond acceptors (Lipinski definition) is 2. The lowest BCUT2D eigenvalue weighted by molar-refractivity contribution is -0.0123. The molecule has 1 atom stereocenters. The zero-order chi connectivity index (χ0) is 12.0. The van der Waals surface area contributed by atoms with Crippen LogP contribution in [0.2, 0.25) is 0 Å². The number of rotatable bonds is 1. The lowest BCUT2D eigenvalue weighted by Gasteiger charge is -2.43. The van der Waals surface area contributed by atoms with Crippen LogP contribution in [-0.4, -0.2) is 16.5 Å². The van der Waals surface area contributed by atoms with Gasteiger partial charge >= 0.3 is 0 Å². The second-order valence-corrected chi connectivity index (χ2v) is 5.02. The Hall–Kier alpha value is -1.41. The quantitative estimate of drug-likeness (QED) is 0.732. The van der Waals surface area contributed by atoms with Crippen LogP contribution in [0, 0.1) is 5.41 Å². The molecule has 84 valence electrons. The molecule has 0 saturated heterocycles. The van der Waals surface area contributed by atoms with E-state index in [1.165, 1.54) is 6.08 Å². The first kappa shape index (κ1) is 11.1. The van der Waals surface area contributed by atoms with Crippen molar-refractivity contribution in [2.45, 2.75) is 25.9 Å². The van der Waals surface area contributed by atoms with E-state index in [2.05, 4.69) is 6.58 Å². The molecule has 0 bridgehead atoms. The van der Waals surface area contributed by atoms with Gasteiger partial charge in [0.15, 0.2) is 11.4 Å². The minimum Gasteiger partial charge on any atom is -0.377 e. The van der Waals surface area contributed by atoms with E-state index in [0.717, 1.165) is 5.56 Å². The van der Waals surface area contributed by atoms with E-state index < -0.39 is 11.0 Å². The maximum absolute atomic E-state index is 12.3. The van der Waals surface area contributed by atoms with Gasteiger partial charge < -0.3 is 5.11 Å². The molecular weight excluding hydrogens is 200 g/mol. The Labute approximate surface area is 95.6 Å². The smallest absolute Gasteiger partial charge is 0.199 e. The minimum atomic E-state index is -1.46. The van der Waals surface area contributed by atoms with E-state index in [1.807, 2.05) is 32.0 Å². The topological polar surface area (TPSA) is 37.3 Å². The number of hydrogen-bond donors (Lipinski definition) is 1. The number of carbonyl (C=O) groups is 1. The number of carbonyl (C=O) groups excluding carboxylic acids is 1.